The van der Waals surface area contributed by atoms with Gasteiger partial charge in [0.05, 0.1) is 17.1 Å². The van der Waals surface area contributed by atoms with Gasteiger partial charge in [-0.1, -0.05) is 0 Å². The molecular weight excluding hydrogens is 386 g/mol. The molecule has 0 radical (unpaired) electrons. The predicted molar refractivity (Wildman–Crippen MR) is 98.8 cm³/mol. The van der Waals surface area contributed by atoms with Crippen LogP contribution in [0.4, 0.5) is 0 Å². The molecule has 25 heavy (non-hydrogen) atoms. The van der Waals surface area contributed by atoms with E-state index in [1.807, 2.05) is 25.1 Å². The summed E-state index contributed by atoms with van der Waals surface area (Å²) in [6, 6.07) is 8.17. The van der Waals surface area contributed by atoms with E-state index in [-0.39, 0.29) is 11.8 Å². The molecule has 1 aromatic carbocycles. The van der Waals surface area contributed by atoms with Crippen molar-refractivity contribution in [3.63, 3.8) is 0 Å². The summed E-state index contributed by atoms with van der Waals surface area (Å²) in [6.45, 7) is 4.72. The zero-order valence-corrected chi connectivity index (χ0v) is 16.2. The van der Waals surface area contributed by atoms with Gasteiger partial charge in [0, 0.05) is 13.7 Å². The number of ether oxygens (including phenoxy) is 2. The number of hydrogen-bond donors (Lipinski definition) is 1. The average Bonchev–Trinajstić information content (AvgIpc) is 3.22. The first-order chi connectivity index (χ1) is 12.1. The fraction of sp³-hybridized carbons (Fsp3) is 0.474. The number of phenolic OH excluding ortho intramolecular Hbond substituents is 1. The van der Waals surface area contributed by atoms with Crippen LogP contribution >= 0.6 is 15.9 Å². The van der Waals surface area contributed by atoms with Gasteiger partial charge in [0.25, 0.3) is 0 Å². The minimum atomic E-state index is 0.152. The standard InChI is InChI=1S/C19H24BrNO4/c1-3-24-18-10-13(9-15(20)19(18)22)11-21-8-4-5-16(21)17-7-6-14(25-17)12-23-2/h6-7,9-10,16,22H,3-5,8,11-12H2,1-2H3/t16-/m0/s1. The molecule has 2 aromatic rings. The lowest BCUT2D eigenvalue weighted by Crippen LogP contribution is -2.22. The molecule has 3 rings (SSSR count). The molecule has 1 aromatic heterocycles. The van der Waals surface area contributed by atoms with E-state index in [4.69, 9.17) is 13.9 Å². The van der Waals surface area contributed by atoms with E-state index in [1.54, 1.807) is 7.11 Å². The van der Waals surface area contributed by atoms with Crippen molar-refractivity contribution in [1.29, 1.82) is 0 Å². The van der Waals surface area contributed by atoms with Gasteiger partial charge in [-0.25, -0.2) is 0 Å². The fourth-order valence-corrected chi connectivity index (χ4v) is 3.84. The monoisotopic (exact) mass is 409 g/mol. The van der Waals surface area contributed by atoms with Gasteiger partial charge in [-0.15, -0.1) is 0 Å². The second-order valence-corrected chi connectivity index (χ2v) is 7.08. The van der Waals surface area contributed by atoms with Crippen LogP contribution in [-0.2, 0) is 17.9 Å². The van der Waals surface area contributed by atoms with Crippen molar-refractivity contribution in [2.45, 2.75) is 39.0 Å². The Kier molecular flexibility index (Phi) is 6.04. The van der Waals surface area contributed by atoms with Crippen LogP contribution in [0.3, 0.4) is 0 Å². The molecule has 136 valence electrons. The van der Waals surface area contributed by atoms with Crippen LogP contribution in [0.2, 0.25) is 0 Å². The molecule has 0 saturated carbocycles. The predicted octanol–water partition coefficient (Wildman–Crippen LogP) is 4.63. The molecule has 1 aliphatic rings. The Morgan fingerprint density at radius 3 is 2.96 bits per heavy atom. The van der Waals surface area contributed by atoms with E-state index >= 15 is 0 Å². The highest BCUT2D eigenvalue weighted by molar-refractivity contribution is 9.10. The van der Waals surface area contributed by atoms with Gasteiger partial charge in [-0.3, -0.25) is 4.90 Å². The zero-order valence-electron chi connectivity index (χ0n) is 14.6. The van der Waals surface area contributed by atoms with Crippen molar-refractivity contribution < 1.29 is 19.0 Å². The summed E-state index contributed by atoms with van der Waals surface area (Å²) in [5, 5.41) is 10.1. The number of furan rings is 1. The number of phenols is 1. The van der Waals surface area contributed by atoms with E-state index in [0.29, 0.717) is 23.4 Å². The maximum Gasteiger partial charge on any atom is 0.172 e. The second kappa shape index (κ2) is 8.25. The molecule has 0 aliphatic carbocycles. The molecular formula is C19H24BrNO4. The van der Waals surface area contributed by atoms with E-state index in [1.165, 1.54) is 0 Å². The van der Waals surface area contributed by atoms with Crippen molar-refractivity contribution >= 4 is 15.9 Å². The van der Waals surface area contributed by atoms with Gasteiger partial charge in [0.15, 0.2) is 11.5 Å². The summed E-state index contributed by atoms with van der Waals surface area (Å²) < 4.78 is 17.3. The topological polar surface area (TPSA) is 55.1 Å². The number of likely N-dealkylation sites (tertiary alicyclic amines) is 1. The second-order valence-electron chi connectivity index (χ2n) is 6.22. The summed E-state index contributed by atoms with van der Waals surface area (Å²) in [5.74, 6) is 2.52. The normalized spacial score (nSPS) is 18.0. The van der Waals surface area contributed by atoms with E-state index in [9.17, 15) is 5.11 Å². The number of methoxy groups -OCH3 is 1. The van der Waals surface area contributed by atoms with Gasteiger partial charge in [0.2, 0.25) is 0 Å². The zero-order chi connectivity index (χ0) is 17.8. The van der Waals surface area contributed by atoms with Crippen molar-refractivity contribution in [2.24, 2.45) is 0 Å². The Morgan fingerprint density at radius 2 is 2.20 bits per heavy atom. The molecule has 5 nitrogen and oxygen atoms in total. The number of hydrogen-bond acceptors (Lipinski definition) is 5. The maximum absolute atomic E-state index is 10.1. The summed E-state index contributed by atoms with van der Waals surface area (Å²) in [5.41, 5.74) is 1.10. The average molecular weight is 410 g/mol. The molecule has 6 heteroatoms. The first kappa shape index (κ1) is 18.3. The molecule has 1 atom stereocenters. The van der Waals surface area contributed by atoms with Crippen LogP contribution in [0.25, 0.3) is 0 Å². The summed E-state index contributed by atoms with van der Waals surface area (Å²) in [4.78, 5) is 2.41. The van der Waals surface area contributed by atoms with E-state index in [2.05, 4.69) is 26.9 Å². The molecule has 0 amide bonds. The highest BCUT2D eigenvalue weighted by Crippen LogP contribution is 2.38. The first-order valence-corrected chi connectivity index (χ1v) is 9.37. The van der Waals surface area contributed by atoms with Crippen molar-refractivity contribution in [3.05, 3.63) is 45.8 Å². The lowest BCUT2D eigenvalue weighted by molar-refractivity contribution is 0.155. The Morgan fingerprint density at radius 1 is 1.36 bits per heavy atom. The van der Waals surface area contributed by atoms with Crippen LogP contribution in [0.1, 0.15) is 42.9 Å². The van der Waals surface area contributed by atoms with Crippen molar-refractivity contribution in [2.75, 3.05) is 20.3 Å². The number of nitrogens with zero attached hydrogens (tertiary/aromatic N) is 1. The SMILES string of the molecule is CCOc1cc(CN2CCC[C@H]2c2ccc(COC)o2)cc(Br)c1O. The van der Waals surface area contributed by atoms with Crippen LogP contribution in [0.5, 0.6) is 11.5 Å². The minimum absolute atomic E-state index is 0.152. The number of halogens is 1. The summed E-state index contributed by atoms with van der Waals surface area (Å²) in [7, 11) is 1.67. The van der Waals surface area contributed by atoms with Gasteiger partial charge >= 0.3 is 0 Å². The van der Waals surface area contributed by atoms with Crippen LogP contribution in [-0.4, -0.2) is 30.3 Å². The fourth-order valence-electron chi connectivity index (χ4n) is 3.35. The molecule has 0 unspecified atom stereocenters. The molecule has 1 saturated heterocycles. The molecule has 0 bridgehead atoms. The first-order valence-electron chi connectivity index (χ1n) is 8.58. The van der Waals surface area contributed by atoms with Gasteiger partial charge in [-0.05, 0) is 72.1 Å². The van der Waals surface area contributed by atoms with Gasteiger partial charge < -0.3 is 19.0 Å². The lowest BCUT2D eigenvalue weighted by atomic mass is 10.1. The Bertz CT molecular complexity index is 715. The number of benzene rings is 1. The van der Waals surface area contributed by atoms with Gasteiger partial charge in [0.1, 0.15) is 18.1 Å². The third-order valence-electron chi connectivity index (χ3n) is 4.43. The van der Waals surface area contributed by atoms with E-state index in [0.717, 1.165) is 43.0 Å². The number of aromatic hydroxyl groups is 1. The van der Waals surface area contributed by atoms with Crippen molar-refractivity contribution in [1.82, 2.24) is 4.90 Å². The highest BCUT2D eigenvalue weighted by atomic mass is 79.9. The van der Waals surface area contributed by atoms with Crippen LogP contribution < -0.4 is 4.74 Å². The third kappa shape index (κ3) is 4.19. The molecule has 1 N–H and O–H groups in total. The van der Waals surface area contributed by atoms with Crippen molar-refractivity contribution in [3.8, 4) is 11.5 Å². The maximum atomic E-state index is 10.1. The molecule has 1 aliphatic heterocycles. The minimum Gasteiger partial charge on any atom is -0.503 e. The molecule has 1 fully saturated rings. The highest BCUT2D eigenvalue weighted by Gasteiger charge is 2.29. The van der Waals surface area contributed by atoms with Crippen LogP contribution in [0, 0.1) is 0 Å². The molecule has 2 heterocycles. The Labute approximate surface area is 156 Å². The Hall–Kier alpha value is -1.50. The van der Waals surface area contributed by atoms with E-state index < -0.39 is 0 Å². The smallest absolute Gasteiger partial charge is 0.172 e. The van der Waals surface area contributed by atoms with Crippen LogP contribution in [0.15, 0.2) is 33.2 Å². The lowest BCUT2D eigenvalue weighted by Gasteiger charge is -2.23. The largest absolute Gasteiger partial charge is 0.503 e. The molecule has 0 spiro atoms. The number of rotatable bonds is 7. The third-order valence-corrected chi connectivity index (χ3v) is 5.04. The quantitative estimate of drug-likeness (QED) is 0.722. The van der Waals surface area contributed by atoms with Gasteiger partial charge in [-0.2, -0.15) is 0 Å². The summed E-state index contributed by atoms with van der Waals surface area (Å²) in [6.07, 6.45) is 2.22. The Balaban J connectivity index is 1.77. The summed E-state index contributed by atoms with van der Waals surface area (Å²) >= 11 is 3.42.